The molecule has 12 nitrogen and oxygen atoms in total. The molecule has 0 unspecified atom stereocenters. The number of carbonyl (C=O) groups excluding carboxylic acids is 2. The fourth-order valence-corrected chi connectivity index (χ4v) is 2.35. The highest BCUT2D eigenvalue weighted by Crippen LogP contribution is 2.35. The molecule has 1 fully saturated rings. The summed E-state index contributed by atoms with van der Waals surface area (Å²) in [6.45, 7) is -0.737. The molecular weight excluding hydrogens is 302 g/mol. The predicted octanol–water partition coefficient (Wildman–Crippen LogP) is -3.91. The third-order valence-corrected chi connectivity index (χ3v) is 3.40. The Morgan fingerprint density at radius 3 is 2.64 bits per heavy atom. The van der Waals surface area contributed by atoms with Gasteiger partial charge in [-0.05, 0) is 0 Å². The second-order valence-corrected chi connectivity index (χ2v) is 4.75. The van der Waals surface area contributed by atoms with E-state index in [4.69, 9.17) is 15.3 Å². The molecule has 0 radical (unpaired) electrons. The molecule has 3 aliphatic heterocycles. The van der Waals surface area contributed by atoms with Crippen molar-refractivity contribution in [1.29, 1.82) is 5.41 Å². The standard InChI is InChI=1S/C10H11N5O7/c11-8-13-6-3(7(19)14-8)12-9(20)15(6)10(21)5(18)4(17)2(1-16)22-10/h2,4-5,16-18,21H,1H2,(H2,11,14,19)/t2-,4-,5-,10-/m1/s1. The monoisotopic (exact) mass is 313 g/mol. The Bertz CT molecular complexity index is 646. The molecule has 3 heterocycles. The number of amidine groups is 1. The van der Waals surface area contributed by atoms with E-state index < -0.39 is 60.3 Å². The fourth-order valence-electron chi connectivity index (χ4n) is 2.35. The summed E-state index contributed by atoms with van der Waals surface area (Å²) in [5.74, 6) is -4.77. The summed E-state index contributed by atoms with van der Waals surface area (Å²) in [5.41, 5.74) is -0.466. The van der Waals surface area contributed by atoms with Crippen LogP contribution in [0.2, 0.25) is 0 Å². The number of guanidine groups is 1. The Balaban J connectivity index is 2.04. The molecule has 0 aromatic rings. The van der Waals surface area contributed by atoms with Crippen molar-refractivity contribution >= 4 is 29.4 Å². The molecule has 3 amide bonds. The van der Waals surface area contributed by atoms with Crippen molar-refractivity contribution in [2.45, 2.75) is 24.2 Å². The lowest BCUT2D eigenvalue weighted by atomic mass is 10.1. The molecule has 118 valence electrons. The van der Waals surface area contributed by atoms with Gasteiger partial charge in [0.1, 0.15) is 12.2 Å². The van der Waals surface area contributed by atoms with Gasteiger partial charge >= 0.3 is 6.03 Å². The third-order valence-electron chi connectivity index (χ3n) is 3.40. The molecule has 0 saturated carbocycles. The maximum absolute atomic E-state index is 11.9. The molecular formula is C10H11N5O7. The molecule has 0 aromatic heterocycles. The lowest BCUT2D eigenvalue weighted by molar-refractivity contribution is -0.279. The van der Waals surface area contributed by atoms with Crippen LogP contribution in [0.5, 0.6) is 0 Å². The molecule has 0 aliphatic carbocycles. The zero-order valence-electron chi connectivity index (χ0n) is 10.8. The minimum absolute atomic E-state index is 0.360. The number of rotatable bonds is 2. The molecule has 3 rings (SSSR count). The number of amides is 3. The van der Waals surface area contributed by atoms with Gasteiger partial charge in [-0.25, -0.2) is 9.69 Å². The minimum Gasteiger partial charge on any atom is -0.394 e. The van der Waals surface area contributed by atoms with Gasteiger partial charge in [-0.2, -0.15) is 9.98 Å². The first-order valence-electron chi connectivity index (χ1n) is 6.08. The van der Waals surface area contributed by atoms with Crippen molar-refractivity contribution in [3.8, 4) is 0 Å². The minimum atomic E-state index is -2.79. The summed E-state index contributed by atoms with van der Waals surface area (Å²) in [6, 6.07) is -1.18. The van der Waals surface area contributed by atoms with Gasteiger partial charge in [0, 0.05) is 0 Å². The van der Waals surface area contributed by atoms with Crippen LogP contribution < -0.4 is 5.32 Å². The van der Waals surface area contributed by atoms with Gasteiger partial charge in [-0.15, -0.1) is 0 Å². The maximum atomic E-state index is 11.9. The van der Waals surface area contributed by atoms with E-state index in [0.29, 0.717) is 4.90 Å². The fraction of sp³-hybridized carbons (Fsp3) is 0.500. The van der Waals surface area contributed by atoms with Crippen LogP contribution in [0.15, 0.2) is 9.98 Å². The summed E-state index contributed by atoms with van der Waals surface area (Å²) in [5, 5.41) is 48.4. The van der Waals surface area contributed by atoms with E-state index in [9.17, 15) is 24.9 Å². The van der Waals surface area contributed by atoms with Gasteiger partial charge in [-0.3, -0.25) is 15.5 Å². The van der Waals surface area contributed by atoms with Gasteiger partial charge in [-0.1, -0.05) is 0 Å². The number of aliphatic hydroxyl groups is 4. The SMILES string of the molecule is N=C1N=C2C(=NC(=O)N2[C@]2(O)O[C@H](CO)[C@@H](O)[C@H]2O)C(=O)N1. The molecule has 0 spiro atoms. The Kier molecular flexibility index (Phi) is 3.08. The largest absolute Gasteiger partial charge is 0.394 e. The third kappa shape index (κ3) is 1.79. The molecule has 22 heavy (non-hydrogen) atoms. The van der Waals surface area contributed by atoms with Crippen LogP contribution >= 0.6 is 0 Å². The van der Waals surface area contributed by atoms with E-state index >= 15 is 0 Å². The number of hydrogen-bond donors (Lipinski definition) is 6. The number of urea groups is 1. The Hall–Kier alpha value is -2.25. The Morgan fingerprint density at radius 2 is 2.05 bits per heavy atom. The van der Waals surface area contributed by atoms with Gasteiger partial charge in [0.2, 0.25) is 5.96 Å². The van der Waals surface area contributed by atoms with Crippen molar-refractivity contribution in [1.82, 2.24) is 10.2 Å². The smallest absolute Gasteiger partial charge is 0.354 e. The van der Waals surface area contributed by atoms with Crippen molar-refractivity contribution in [2.24, 2.45) is 9.98 Å². The highest BCUT2D eigenvalue weighted by Gasteiger charge is 2.62. The van der Waals surface area contributed by atoms with Gasteiger partial charge in [0.05, 0.1) is 6.61 Å². The maximum Gasteiger partial charge on any atom is 0.354 e. The molecule has 4 atom stereocenters. The van der Waals surface area contributed by atoms with E-state index in [1.165, 1.54) is 0 Å². The van der Waals surface area contributed by atoms with Crippen molar-refractivity contribution in [3.63, 3.8) is 0 Å². The molecule has 0 bridgehead atoms. The molecule has 1 saturated heterocycles. The topological polar surface area (TPSA) is 188 Å². The summed E-state index contributed by atoms with van der Waals surface area (Å²) in [7, 11) is 0. The van der Waals surface area contributed by atoms with E-state index in [1.54, 1.807) is 0 Å². The molecule has 12 heteroatoms. The van der Waals surface area contributed by atoms with Crippen molar-refractivity contribution in [2.75, 3.05) is 6.61 Å². The number of fused-ring (bicyclic) bond motifs is 1. The van der Waals surface area contributed by atoms with Crippen LogP contribution in [0.3, 0.4) is 0 Å². The van der Waals surface area contributed by atoms with Crippen LogP contribution in [0.1, 0.15) is 0 Å². The predicted molar refractivity (Wildman–Crippen MR) is 66.9 cm³/mol. The number of aliphatic imine (C=N–C) groups is 2. The average Bonchev–Trinajstić information content (AvgIpc) is 2.89. The number of aliphatic hydroxyl groups excluding tert-OH is 3. The van der Waals surface area contributed by atoms with Crippen LogP contribution in [0, 0.1) is 5.41 Å². The molecule has 0 aromatic carbocycles. The lowest BCUT2D eigenvalue weighted by Crippen LogP contribution is -2.61. The number of carbonyl (C=O) groups is 2. The van der Waals surface area contributed by atoms with E-state index in [0.717, 1.165) is 0 Å². The number of ether oxygens (including phenoxy) is 1. The van der Waals surface area contributed by atoms with Gasteiger partial charge in [0.25, 0.3) is 11.8 Å². The average molecular weight is 313 g/mol. The zero-order valence-corrected chi connectivity index (χ0v) is 10.8. The Morgan fingerprint density at radius 1 is 1.36 bits per heavy atom. The van der Waals surface area contributed by atoms with Crippen LogP contribution in [-0.2, 0) is 9.53 Å². The molecule has 3 aliphatic rings. The van der Waals surface area contributed by atoms with E-state index in [-0.39, 0.29) is 0 Å². The number of nitrogens with zero attached hydrogens (tertiary/aromatic N) is 3. The number of nitrogens with one attached hydrogen (secondary N) is 2. The van der Waals surface area contributed by atoms with E-state index in [1.807, 2.05) is 5.32 Å². The van der Waals surface area contributed by atoms with Gasteiger partial charge < -0.3 is 25.2 Å². The first-order valence-corrected chi connectivity index (χ1v) is 6.08. The Labute approximate surface area is 121 Å². The van der Waals surface area contributed by atoms with Crippen LogP contribution in [0.4, 0.5) is 4.79 Å². The first kappa shape index (κ1) is 14.7. The summed E-state index contributed by atoms with van der Waals surface area (Å²) < 4.78 is 4.95. The van der Waals surface area contributed by atoms with E-state index in [2.05, 4.69) is 9.98 Å². The first-order chi connectivity index (χ1) is 10.3. The van der Waals surface area contributed by atoms with Crippen LogP contribution in [-0.4, -0.2) is 85.6 Å². The summed E-state index contributed by atoms with van der Waals surface area (Å²) in [6.07, 6.45) is -5.07. The lowest BCUT2D eigenvalue weighted by Gasteiger charge is -2.34. The zero-order chi connectivity index (χ0) is 16.2. The number of hydrogen-bond acceptors (Lipinski definition) is 8. The highest BCUT2D eigenvalue weighted by molar-refractivity contribution is 6.72. The molecule has 6 N–H and O–H groups in total. The quantitative estimate of drug-likeness (QED) is 0.300. The summed E-state index contributed by atoms with van der Waals surface area (Å²) >= 11 is 0. The van der Waals surface area contributed by atoms with Crippen molar-refractivity contribution < 1.29 is 34.8 Å². The van der Waals surface area contributed by atoms with Crippen LogP contribution in [0.25, 0.3) is 0 Å². The normalized spacial score (nSPS) is 37.9. The second-order valence-electron chi connectivity index (χ2n) is 4.75. The second kappa shape index (κ2) is 4.62. The highest BCUT2D eigenvalue weighted by atomic mass is 16.7. The van der Waals surface area contributed by atoms with Gasteiger partial charge in [0.15, 0.2) is 17.7 Å². The summed E-state index contributed by atoms with van der Waals surface area (Å²) in [4.78, 5) is 30.9. The van der Waals surface area contributed by atoms with Crippen molar-refractivity contribution in [3.05, 3.63) is 0 Å².